The maximum atomic E-state index is 12.2. The van der Waals surface area contributed by atoms with Gasteiger partial charge in [0.25, 0.3) is 0 Å². The van der Waals surface area contributed by atoms with Crippen molar-refractivity contribution < 1.29 is 13.5 Å². The summed E-state index contributed by atoms with van der Waals surface area (Å²) >= 11 is 7.05. The summed E-state index contributed by atoms with van der Waals surface area (Å²) < 4.78 is 27.0. The molecule has 2 N–H and O–H groups in total. The van der Waals surface area contributed by atoms with Gasteiger partial charge in [-0.1, -0.05) is 23.7 Å². The average molecular weight is 332 g/mol. The summed E-state index contributed by atoms with van der Waals surface area (Å²) in [5, 5.41) is 9.67. The molecule has 0 radical (unpaired) electrons. The van der Waals surface area contributed by atoms with Gasteiger partial charge in [0.05, 0.1) is 11.5 Å². The number of aliphatic hydroxyl groups excluding tert-OH is 1. The summed E-state index contributed by atoms with van der Waals surface area (Å²) in [5.74, 6) is 0. The Bertz CT molecular complexity index is 693. The minimum absolute atomic E-state index is 0.155. The highest BCUT2D eigenvalue weighted by atomic mass is 35.5. The van der Waals surface area contributed by atoms with E-state index in [1.54, 1.807) is 31.2 Å². The molecule has 1 aromatic heterocycles. The van der Waals surface area contributed by atoms with E-state index in [0.717, 1.165) is 5.56 Å². The number of aliphatic hydroxyl groups is 1. The molecule has 108 valence electrons. The Morgan fingerprint density at radius 3 is 2.50 bits per heavy atom. The second-order valence-electron chi connectivity index (χ2n) is 4.24. The fraction of sp³-hybridized carbons (Fsp3) is 0.231. The third-order valence-electron chi connectivity index (χ3n) is 2.75. The minimum Gasteiger partial charge on any atom is -0.391 e. The number of benzene rings is 1. The first-order chi connectivity index (χ1) is 9.42. The van der Waals surface area contributed by atoms with Gasteiger partial charge in [0, 0.05) is 21.3 Å². The smallest absolute Gasteiger partial charge is 0.241 e. The van der Waals surface area contributed by atoms with E-state index in [4.69, 9.17) is 16.7 Å². The molecule has 4 nitrogen and oxygen atoms in total. The lowest BCUT2D eigenvalue weighted by atomic mass is 10.2. The van der Waals surface area contributed by atoms with Gasteiger partial charge in [-0.05, 0) is 30.7 Å². The van der Waals surface area contributed by atoms with Gasteiger partial charge < -0.3 is 5.11 Å². The van der Waals surface area contributed by atoms with Crippen LogP contribution in [0.15, 0.2) is 35.2 Å². The number of hydrogen-bond donors (Lipinski definition) is 2. The van der Waals surface area contributed by atoms with Crippen molar-refractivity contribution in [3.63, 3.8) is 0 Å². The Morgan fingerprint density at radius 1 is 1.30 bits per heavy atom. The molecule has 20 heavy (non-hydrogen) atoms. The number of hydrogen-bond acceptors (Lipinski definition) is 4. The van der Waals surface area contributed by atoms with E-state index in [1.807, 2.05) is 0 Å². The summed E-state index contributed by atoms with van der Waals surface area (Å²) in [5.41, 5.74) is 0.827. The second-order valence-corrected chi connectivity index (χ2v) is 7.75. The number of sulfonamides is 1. The number of nitrogens with one attached hydrogen (secondary N) is 1. The van der Waals surface area contributed by atoms with E-state index >= 15 is 0 Å². The maximum absolute atomic E-state index is 12.2. The normalized spacial score (nSPS) is 11.8. The zero-order valence-corrected chi connectivity index (χ0v) is 13.1. The minimum atomic E-state index is -3.57. The first kappa shape index (κ1) is 15.5. The van der Waals surface area contributed by atoms with Crippen LogP contribution in [-0.4, -0.2) is 13.5 Å². The molecule has 0 saturated heterocycles. The van der Waals surface area contributed by atoms with Crippen LogP contribution in [0.1, 0.15) is 15.3 Å². The van der Waals surface area contributed by atoms with Gasteiger partial charge in [-0.25, -0.2) is 13.1 Å². The number of aryl methyl sites for hydroxylation is 1. The number of halogens is 1. The van der Waals surface area contributed by atoms with E-state index in [-0.39, 0.29) is 18.0 Å². The summed E-state index contributed by atoms with van der Waals surface area (Å²) in [4.78, 5) is 1.52. The lowest BCUT2D eigenvalue weighted by Crippen LogP contribution is -2.23. The van der Waals surface area contributed by atoms with Crippen molar-refractivity contribution >= 4 is 33.0 Å². The number of rotatable bonds is 5. The highest BCUT2D eigenvalue weighted by Crippen LogP contribution is 2.25. The van der Waals surface area contributed by atoms with Crippen LogP contribution in [0, 0.1) is 6.92 Å². The topological polar surface area (TPSA) is 66.4 Å². The molecule has 2 rings (SSSR count). The van der Waals surface area contributed by atoms with Gasteiger partial charge in [0.1, 0.15) is 0 Å². The Morgan fingerprint density at radius 2 is 1.95 bits per heavy atom. The van der Waals surface area contributed by atoms with Gasteiger partial charge in [-0.2, -0.15) is 0 Å². The molecule has 0 atom stereocenters. The Labute approximate surface area is 127 Å². The molecule has 1 aromatic carbocycles. The van der Waals surface area contributed by atoms with Crippen LogP contribution in [0.2, 0.25) is 5.02 Å². The molecule has 0 aliphatic rings. The predicted molar refractivity (Wildman–Crippen MR) is 80.5 cm³/mol. The van der Waals surface area contributed by atoms with E-state index < -0.39 is 10.0 Å². The summed E-state index contributed by atoms with van der Waals surface area (Å²) in [6.07, 6.45) is 0. The summed E-state index contributed by atoms with van der Waals surface area (Å²) in [6.45, 7) is 1.77. The summed E-state index contributed by atoms with van der Waals surface area (Å²) in [7, 11) is -3.57. The van der Waals surface area contributed by atoms with Crippen LogP contribution in [0.4, 0.5) is 0 Å². The molecule has 0 amide bonds. The van der Waals surface area contributed by atoms with Gasteiger partial charge in [0.15, 0.2) is 0 Å². The molecule has 0 aliphatic carbocycles. The van der Waals surface area contributed by atoms with E-state index in [9.17, 15) is 8.42 Å². The van der Waals surface area contributed by atoms with Crippen molar-refractivity contribution in [1.29, 1.82) is 0 Å². The molecule has 2 aromatic rings. The van der Waals surface area contributed by atoms with Gasteiger partial charge in [-0.15, -0.1) is 11.3 Å². The first-order valence-corrected chi connectivity index (χ1v) is 8.54. The van der Waals surface area contributed by atoms with Crippen molar-refractivity contribution in [3.8, 4) is 0 Å². The van der Waals surface area contributed by atoms with Crippen molar-refractivity contribution in [1.82, 2.24) is 4.72 Å². The van der Waals surface area contributed by atoms with E-state index in [1.165, 1.54) is 17.4 Å². The number of thiophene rings is 1. The molecule has 0 aliphatic heterocycles. The van der Waals surface area contributed by atoms with E-state index in [2.05, 4.69) is 4.72 Å². The van der Waals surface area contributed by atoms with Gasteiger partial charge in [0.2, 0.25) is 10.0 Å². The molecular formula is C13H14ClNO3S2. The van der Waals surface area contributed by atoms with Crippen LogP contribution >= 0.6 is 22.9 Å². The third kappa shape index (κ3) is 3.59. The van der Waals surface area contributed by atoms with Crippen LogP contribution in [0.3, 0.4) is 0 Å². The standard InChI is InChI=1S/C13H14ClNO3S2/c1-9-13(6-12(8-16)19-9)20(17,18)15-7-10-2-4-11(14)5-3-10/h2-6,15-16H,7-8H2,1H3. The Balaban J connectivity index is 2.14. The lowest BCUT2D eigenvalue weighted by molar-refractivity contribution is 0.285. The quantitative estimate of drug-likeness (QED) is 0.885. The lowest BCUT2D eigenvalue weighted by Gasteiger charge is -2.06. The van der Waals surface area contributed by atoms with Crippen LogP contribution in [0.5, 0.6) is 0 Å². The molecule has 7 heteroatoms. The molecule has 1 heterocycles. The highest BCUT2D eigenvalue weighted by Gasteiger charge is 2.19. The van der Waals surface area contributed by atoms with Gasteiger partial charge >= 0.3 is 0 Å². The predicted octanol–water partition coefficient (Wildman–Crippen LogP) is 2.68. The van der Waals surface area contributed by atoms with Crippen molar-refractivity contribution in [3.05, 3.63) is 50.7 Å². The fourth-order valence-electron chi connectivity index (χ4n) is 1.73. The monoisotopic (exact) mass is 331 g/mol. The maximum Gasteiger partial charge on any atom is 0.241 e. The molecule has 0 spiro atoms. The molecule has 0 bridgehead atoms. The zero-order chi connectivity index (χ0) is 14.8. The molecular weight excluding hydrogens is 318 g/mol. The Kier molecular flexibility index (Phi) is 4.82. The summed E-state index contributed by atoms with van der Waals surface area (Å²) in [6, 6.07) is 8.47. The van der Waals surface area contributed by atoms with E-state index in [0.29, 0.717) is 14.8 Å². The largest absolute Gasteiger partial charge is 0.391 e. The SMILES string of the molecule is Cc1sc(CO)cc1S(=O)(=O)NCc1ccc(Cl)cc1. The Hall–Kier alpha value is -0.920. The molecule has 0 saturated carbocycles. The van der Waals surface area contributed by atoms with Crippen molar-refractivity contribution in [2.45, 2.75) is 25.0 Å². The first-order valence-electron chi connectivity index (χ1n) is 5.86. The third-order valence-corrected chi connectivity index (χ3v) is 5.69. The zero-order valence-electron chi connectivity index (χ0n) is 10.8. The highest BCUT2D eigenvalue weighted by molar-refractivity contribution is 7.89. The van der Waals surface area contributed by atoms with Crippen molar-refractivity contribution in [2.24, 2.45) is 0 Å². The average Bonchev–Trinajstić information content (AvgIpc) is 2.80. The fourth-order valence-corrected chi connectivity index (χ4v) is 4.36. The molecule has 0 fully saturated rings. The second kappa shape index (κ2) is 6.24. The van der Waals surface area contributed by atoms with Crippen molar-refractivity contribution in [2.75, 3.05) is 0 Å². The van der Waals surface area contributed by atoms with Crippen LogP contribution in [0.25, 0.3) is 0 Å². The molecule has 0 unspecified atom stereocenters. The van der Waals surface area contributed by atoms with Crippen LogP contribution in [-0.2, 0) is 23.2 Å². The van der Waals surface area contributed by atoms with Gasteiger partial charge in [-0.3, -0.25) is 0 Å². The van der Waals surface area contributed by atoms with Crippen LogP contribution < -0.4 is 4.72 Å².